The summed E-state index contributed by atoms with van der Waals surface area (Å²) in [5, 5.41) is 11.4. The second-order valence-corrected chi connectivity index (χ2v) is 6.44. The lowest BCUT2D eigenvalue weighted by atomic mass is 10.1. The Labute approximate surface area is 148 Å². The molecule has 1 heterocycles. The summed E-state index contributed by atoms with van der Waals surface area (Å²) in [7, 11) is 1.93. The zero-order valence-corrected chi connectivity index (χ0v) is 14.4. The average Bonchev–Trinajstić information content (AvgIpc) is 2.51. The van der Waals surface area contributed by atoms with Gasteiger partial charge in [0.2, 0.25) is 0 Å². The monoisotopic (exact) mass is 363 g/mol. The number of rotatable bonds is 4. The highest BCUT2D eigenvalue weighted by Gasteiger charge is 2.11. The smallest absolute Gasteiger partial charge is 0.336 e. The third-order valence-corrected chi connectivity index (χ3v) is 4.58. The van der Waals surface area contributed by atoms with E-state index in [1.165, 1.54) is 12.1 Å². The molecule has 0 aliphatic heterocycles. The predicted octanol–water partition coefficient (Wildman–Crippen LogP) is 4.44. The Morgan fingerprint density at radius 1 is 1.08 bits per heavy atom. The van der Waals surface area contributed by atoms with Crippen LogP contribution in [0.5, 0.6) is 5.75 Å². The molecule has 1 aromatic heterocycles. The number of phenolic OH excluding ortho intramolecular Hbond substituents is 1. The fourth-order valence-corrected chi connectivity index (χ4v) is 3.04. The van der Waals surface area contributed by atoms with Crippen LogP contribution < -0.4 is 5.63 Å². The molecular formula is C18H15Cl2NO3. The lowest BCUT2D eigenvalue weighted by Crippen LogP contribution is -2.18. The molecule has 2 aromatic carbocycles. The summed E-state index contributed by atoms with van der Waals surface area (Å²) in [6.07, 6.45) is 0. The molecule has 0 saturated heterocycles. The van der Waals surface area contributed by atoms with E-state index in [-0.39, 0.29) is 5.75 Å². The van der Waals surface area contributed by atoms with Crippen molar-refractivity contribution in [2.45, 2.75) is 13.1 Å². The predicted molar refractivity (Wildman–Crippen MR) is 95.8 cm³/mol. The van der Waals surface area contributed by atoms with Gasteiger partial charge in [-0.15, -0.1) is 0 Å². The summed E-state index contributed by atoms with van der Waals surface area (Å²) < 4.78 is 5.15. The summed E-state index contributed by atoms with van der Waals surface area (Å²) in [6, 6.07) is 11.7. The van der Waals surface area contributed by atoms with Crippen LogP contribution in [0.3, 0.4) is 0 Å². The Bertz CT molecular complexity index is 953. The van der Waals surface area contributed by atoms with Crippen molar-refractivity contribution in [1.29, 1.82) is 0 Å². The molecule has 3 rings (SSSR count). The Kier molecular flexibility index (Phi) is 4.81. The lowest BCUT2D eigenvalue weighted by Gasteiger charge is -2.18. The van der Waals surface area contributed by atoms with Gasteiger partial charge in [0.05, 0.1) is 10.0 Å². The molecule has 24 heavy (non-hydrogen) atoms. The quantitative estimate of drug-likeness (QED) is 0.696. The Morgan fingerprint density at radius 3 is 2.62 bits per heavy atom. The van der Waals surface area contributed by atoms with Gasteiger partial charge in [-0.25, -0.2) is 4.79 Å². The second-order valence-electron chi connectivity index (χ2n) is 5.66. The van der Waals surface area contributed by atoms with E-state index in [0.29, 0.717) is 28.7 Å². The number of phenols is 1. The fourth-order valence-electron chi connectivity index (χ4n) is 2.66. The van der Waals surface area contributed by atoms with E-state index in [1.807, 2.05) is 24.1 Å². The standard InChI is InChI=1S/C18H15Cl2NO3/c1-21(9-11-3-2-4-15(19)18(11)20)10-12-7-17(23)24-16-8-13(22)5-6-14(12)16/h2-8,22H,9-10H2,1H3. The van der Waals surface area contributed by atoms with E-state index in [0.717, 1.165) is 16.5 Å². The zero-order valence-electron chi connectivity index (χ0n) is 12.9. The highest BCUT2D eigenvalue weighted by Crippen LogP contribution is 2.27. The van der Waals surface area contributed by atoms with Crippen LogP contribution >= 0.6 is 23.2 Å². The van der Waals surface area contributed by atoms with Gasteiger partial charge in [-0.2, -0.15) is 0 Å². The number of benzene rings is 2. The topological polar surface area (TPSA) is 53.7 Å². The van der Waals surface area contributed by atoms with Crippen molar-refractivity contribution in [3.8, 4) is 5.75 Å². The third-order valence-electron chi connectivity index (χ3n) is 3.73. The number of aromatic hydroxyl groups is 1. The van der Waals surface area contributed by atoms with E-state index in [2.05, 4.69) is 0 Å². The summed E-state index contributed by atoms with van der Waals surface area (Å²) in [5.74, 6) is 0.0573. The van der Waals surface area contributed by atoms with E-state index >= 15 is 0 Å². The number of hydrogen-bond donors (Lipinski definition) is 1. The molecule has 6 heteroatoms. The van der Waals surface area contributed by atoms with Crippen LogP contribution in [-0.2, 0) is 13.1 Å². The van der Waals surface area contributed by atoms with Gasteiger partial charge >= 0.3 is 5.63 Å². The molecule has 1 N–H and O–H groups in total. The maximum Gasteiger partial charge on any atom is 0.336 e. The molecule has 0 radical (unpaired) electrons. The minimum Gasteiger partial charge on any atom is -0.508 e. The number of nitrogens with zero attached hydrogens (tertiary/aromatic N) is 1. The molecule has 4 nitrogen and oxygen atoms in total. The Morgan fingerprint density at radius 2 is 1.83 bits per heavy atom. The van der Waals surface area contributed by atoms with Crippen LogP contribution in [0.1, 0.15) is 11.1 Å². The van der Waals surface area contributed by atoms with Gasteiger partial charge in [0, 0.05) is 30.6 Å². The van der Waals surface area contributed by atoms with Crippen LogP contribution in [0.15, 0.2) is 51.7 Å². The van der Waals surface area contributed by atoms with Crippen LogP contribution in [0.2, 0.25) is 10.0 Å². The minimum absolute atomic E-state index is 0.0573. The normalized spacial score (nSPS) is 11.3. The molecule has 124 valence electrons. The largest absolute Gasteiger partial charge is 0.508 e. The number of fused-ring (bicyclic) bond motifs is 1. The Balaban J connectivity index is 1.89. The van der Waals surface area contributed by atoms with Crippen molar-refractivity contribution in [1.82, 2.24) is 4.90 Å². The Hall–Kier alpha value is -2.01. The van der Waals surface area contributed by atoms with Crippen molar-refractivity contribution in [2.24, 2.45) is 0 Å². The number of hydrogen-bond acceptors (Lipinski definition) is 4. The van der Waals surface area contributed by atoms with Crippen molar-refractivity contribution in [3.05, 3.63) is 74.1 Å². The maximum atomic E-state index is 11.7. The first-order valence-electron chi connectivity index (χ1n) is 7.31. The van der Waals surface area contributed by atoms with Crippen LogP contribution in [-0.4, -0.2) is 17.1 Å². The summed E-state index contributed by atoms with van der Waals surface area (Å²) in [4.78, 5) is 13.8. The molecule has 0 saturated carbocycles. The van der Waals surface area contributed by atoms with Crippen molar-refractivity contribution in [2.75, 3.05) is 7.05 Å². The average molecular weight is 364 g/mol. The summed E-state index contributed by atoms with van der Waals surface area (Å²) in [6.45, 7) is 1.11. The molecule has 0 amide bonds. The van der Waals surface area contributed by atoms with Crippen molar-refractivity contribution in [3.63, 3.8) is 0 Å². The first-order chi connectivity index (χ1) is 11.4. The van der Waals surface area contributed by atoms with Gasteiger partial charge in [0.25, 0.3) is 0 Å². The zero-order chi connectivity index (χ0) is 17.3. The van der Waals surface area contributed by atoms with Gasteiger partial charge < -0.3 is 9.52 Å². The molecule has 0 spiro atoms. The molecule has 0 aliphatic rings. The van der Waals surface area contributed by atoms with E-state index < -0.39 is 5.63 Å². The number of halogens is 2. The van der Waals surface area contributed by atoms with Gasteiger partial charge in [0.15, 0.2) is 0 Å². The molecule has 0 unspecified atom stereocenters. The summed E-state index contributed by atoms with van der Waals surface area (Å²) in [5.41, 5.74) is 1.66. The van der Waals surface area contributed by atoms with Gasteiger partial charge in [0.1, 0.15) is 11.3 Å². The van der Waals surface area contributed by atoms with Crippen molar-refractivity contribution < 1.29 is 9.52 Å². The van der Waals surface area contributed by atoms with E-state index in [4.69, 9.17) is 27.6 Å². The maximum absolute atomic E-state index is 11.7. The molecule has 0 aliphatic carbocycles. The van der Waals surface area contributed by atoms with Crippen LogP contribution in [0.25, 0.3) is 11.0 Å². The van der Waals surface area contributed by atoms with Gasteiger partial charge in [-0.05, 0) is 36.4 Å². The first-order valence-corrected chi connectivity index (χ1v) is 8.07. The molecule has 0 bridgehead atoms. The first kappa shape index (κ1) is 16.8. The highest BCUT2D eigenvalue weighted by atomic mass is 35.5. The van der Waals surface area contributed by atoms with Gasteiger partial charge in [-0.1, -0.05) is 35.3 Å². The molecular weight excluding hydrogens is 349 g/mol. The van der Waals surface area contributed by atoms with Crippen LogP contribution in [0, 0.1) is 0 Å². The van der Waals surface area contributed by atoms with Gasteiger partial charge in [-0.3, -0.25) is 4.90 Å². The molecule has 0 atom stereocenters. The lowest BCUT2D eigenvalue weighted by molar-refractivity contribution is 0.319. The summed E-state index contributed by atoms with van der Waals surface area (Å²) >= 11 is 12.3. The minimum atomic E-state index is -0.447. The third kappa shape index (κ3) is 3.56. The van der Waals surface area contributed by atoms with Crippen LogP contribution in [0.4, 0.5) is 0 Å². The van der Waals surface area contributed by atoms with E-state index in [1.54, 1.807) is 18.2 Å². The SMILES string of the molecule is CN(Cc1cccc(Cl)c1Cl)Cc1cc(=O)oc2cc(O)ccc12. The highest BCUT2D eigenvalue weighted by molar-refractivity contribution is 6.42. The molecule has 0 fully saturated rings. The van der Waals surface area contributed by atoms with Crippen molar-refractivity contribution >= 4 is 34.2 Å². The second kappa shape index (κ2) is 6.85. The molecule has 3 aromatic rings. The van der Waals surface area contributed by atoms with E-state index in [9.17, 15) is 9.90 Å². The fraction of sp³-hybridized carbons (Fsp3) is 0.167.